The van der Waals surface area contributed by atoms with E-state index in [9.17, 15) is 9.59 Å². The Bertz CT molecular complexity index is 1630. The van der Waals surface area contributed by atoms with Crippen molar-refractivity contribution in [3.63, 3.8) is 0 Å². The van der Waals surface area contributed by atoms with Gasteiger partial charge in [0.05, 0.1) is 19.3 Å². The predicted octanol–water partition coefficient (Wildman–Crippen LogP) is 5.99. The molecule has 1 saturated carbocycles. The van der Waals surface area contributed by atoms with Crippen molar-refractivity contribution in [3.8, 4) is 22.6 Å². The van der Waals surface area contributed by atoms with Crippen molar-refractivity contribution < 1.29 is 24.2 Å². The van der Waals surface area contributed by atoms with Gasteiger partial charge in [0.1, 0.15) is 11.5 Å². The summed E-state index contributed by atoms with van der Waals surface area (Å²) in [5.41, 5.74) is 7.71. The SMILES string of the molecule is Cc1cccc(OCCCC(=O)N2C[C@@H]3CC3c3c(-c4cnn(Cc5cccc(OCC(=O)O)c5)c4)cccc32)c1C. The first-order chi connectivity index (χ1) is 20.4. The van der Waals surface area contributed by atoms with Crippen molar-refractivity contribution in [3.05, 3.63) is 95.3 Å². The molecule has 2 heterocycles. The number of carbonyl (C=O) groups is 2. The third-order valence-electron chi connectivity index (χ3n) is 8.28. The molecule has 8 nitrogen and oxygen atoms in total. The number of anilines is 1. The van der Waals surface area contributed by atoms with E-state index in [2.05, 4.69) is 37.1 Å². The first kappa shape index (κ1) is 27.6. The number of benzene rings is 3. The van der Waals surface area contributed by atoms with Crippen molar-refractivity contribution in [1.29, 1.82) is 0 Å². The Morgan fingerprint density at radius 2 is 1.88 bits per heavy atom. The molecule has 4 aromatic rings. The second-order valence-electron chi connectivity index (χ2n) is 11.3. The number of rotatable bonds is 11. The fourth-order valence-electron chi connectivity index (χ4n) is 5.88. The molecule has 1 aliphatic heterocycles. The fourth-order valence-corrected chi connectivity index (χ4v) is 5.88. The van der Waals surface area contributed by atoms with Gasteiger partial charge in [0.25, 0.3) is 0 Å². The number of ether oxygens (including phenoxy) is 2. The molecule has 6 rings (SSSR count). The number of carboxylic acid groups (broad SMARTS) is 1. The Balaban J connectivity index is 1.14. The van der Waals surface area contributed by atoms with E-state index in [0.29, 0.717) is 43.6 Å². The van der Waals surface area contributed by atoms with Gasteiger partial charge in [-0.05, 0) is 90.6 Å². The minimum absolute atomic E-state index is 0.143. The van der Waals surface area contributed by atoms with Crippen LogP contribution in [0.1, 0.15) is 47.4 Å². The van der Waals surface area contributed by atoms with Crippen LogP contribution < -0.4 is 14.4 Å². The highest BCUT2D eigenvalue weighted by Crippen LogP contribution is 2.57. The summed E-state index contributed by atoms with van der Waals surface area (Å²) in [6.07, 6.45) is 6.12. The van der Waals surface area contributed by atoms with E-state index in [1.165, 1.54) is 11.1 Å². The Labute approximate surface area is 245 Å². The average Bonchev–Trinajstić information content (AvgIpc) is 3.64. The Hall–Kier alpha value is -4.59. The first-order valence-electron chi connectivity index (χ1n) is 14.5. The normalized spacial score (nSPS) is 16.9. The summed E-state index contributed by atoms with van der Waals surface area (Å²) in [7, 11) is 0. The lowest BCUT2D eigenvalue weighted by atomic mass is 9.92. The van der Waals surface area contributed by atoms with E-state index >= 15 is 0 Å². The first-order valence-corrected chi connectivity index (χ1v) is 14.5. The predicted molar refractivity (Wildman–Crippen MR) is 160 cm³/mol. The molecule has 1 fully saturated rings. The Kier molecular flexibility index (Phi) is 7.69. The fraction of sp³-hybridized carbons (Fsp3) is 0.324. The molecule has 3 aromatic carbocycles. The molecule has 1 N–H and O–H groups in total. The van der Waals surface area contributed by atoms with E-state index < -0.39 is 5.97 Å². The van der Waals surface area contributed by atoms with E-state index in [1.54, 1.807) is 6.07 Å². The molecule has 42 heavy (non-hydrogen) atoms. The molecule has 1 unspecified atom stereocenters. The zero-order chi connectivity index (χ0) is 29.2. The van der Waals surface area contributed by atoms with Crippen LogP contribution in [0.15, 0.2) is 73.1 Å². The molecule has 0 radical (unpaired) electrons. The minimum Gasteiger partial charge on any atom is -0.493 e. The summed E-state index contributed by atoms with van der Waals surface area (Å²) in [4.78, 5) is 26.3. The van der Waals surface area contributed by atoms with Crippen molar-refractivity contribution in [2.45, 2.75) is 45.6 Å². The van der Waals surface area contributed by atoms with Crippen molar-refractivity contribution in [1.82, 2.24) is 9.78 Å². The number of aromatic nitrogens is 2. The molecular weight excluding hydrogens is 530 g/mol. The number of carbonyl (C=O) groups excluding carboxylic acids is 1. The van der Waals surface area contributed by atoms with Gasteiger partial charge in [-0.15, -0.1) is 0 Å². The van der Waals surface area contributed by atoms with Crippen LogP contribution in [-0.2, 0) is 16.1 Å². The van der Waals surface area contributed by atoms with Crippen LogP contribution in [0.5, 0.6) is 11.5 Å². The van der Waals surface area contributed by atoms with Crippen LogP contribution in [0.2, 0.25) is 0 Å². The minimum atomic E-state index is -1.01. The lowest BCUT2D eigenvalue weighted by molar-refractivity contribution is -0.139. The van der Waals surface area contributed by atoms with Crippen LogP contribution in [0.25, 0.3) is 11.1 Å². The Morgan fingerprint density at radius 3 is 2.74 bits per heavy atom. The lowest BCUT2D eigenvalue weighted by Crippen LogP contribution is -2.36. The van der Waals surface area contributed by atoms with Gasteiger partial charge in [-0.3, -0.25) is 9.48 Å². The molecule has 1 amide bonds. The van der Waals surface area contributed by atoms with Gasteiger partial charge in [-0.1, -0.05) is 36.4 Å². The van der Waals surface area contributed by atoms with Crippen LogP contribution in [0.4, 0.5) is 5.69 Å². The number of hydrogen-bond donors (Lipinski definition) is 1. The zero-order valence-electron chi connectivity index (χ0n) is 24.0. The quantitative estimate of drug-likeness (QED) is 0.225. The number of aryl methyl sites for hydroxylation is 1. The van der Waals surface area contributed by atoms with Gasteiger partial charge in [0, 0.05) is 30.4 Å². The summed E-state index contributed by atoms with van der Waals surface area (Å²) in [6, 6.07) is 19.7. The highest BCUT2D eigenvalue weighted by atomic mass is 16.5. The van der Waals surface area contributed by atoms with E-state index in [0.717, 1.165) is 46.7 Å². The number of aliphatic carboxylic acids is 1. The van der Waals surface area contributed by atoms with Crippen LogP contribution in [0, 0.1) is 19.8 Å². The largest absolute Gasteiger partial charge is 0.493 e. The third kappa shape index (κ3) is 5.88. The molecule has 0 spiro atoms. The molecule has 8 heteroatoms. The van der Waals surface area contributed by atoms with Crippen LogP contribution in [-0.4, -0.2) is 46.5 Å². The van der Waals surface area contributed by atoms with Crippen molar-refractivity contribution in [2.24, 2.45) is 5.92 Å². The highest BCUT2D eigenvalue weighted by Gasteiger charge is 2.47. The highest BCUT2D eigenvalue weighted by molar-refractivity contribution is 5.96. The molecule has 1 aromatic heterocycles. The van der Waals surface area contributed by atoms with Gasteiger partial charge in [0.2, 0.25) is 5.91 Å². The standard InChI is InChI=1S/C34H35N3O5/c1-22-7-3-12-31(23(22)2)41-14-6-13-32(38)37-20-25-16-29(25)34-28(10-5-11-30(34)37)26-17-35-36(19-26)18-24-8-4-9-27(15-24)42-21-33(39)40/h3-5,7-12,15,17,19,25,29H,6,13-14,16,18,20-21H2,1-2H3,(H,39,40)/t25-,29?/m0/s1. The smallest absolute Gasteiger partial charge is 0.341 e. The molecule has 1 aliphatic carbocycles. The van der Waals surface area contributed by atoms with Gasteiger partial charge in [0.15, 0.2) is 6.61 Å². The van der Waals surface area contributed by atoms with Crippen molar-refractivity contribution in [2.75, 3.05) is 24.7 Å². The number of hydrogen-bond acceptors (Lipinski definition) is 5. The number of nitrogens with zero attached hydrogens (tertiary/aromatic N) is 3. The van der Waals surface area contributed by atoms with Gasteiger partial charge in [-0.25, -0.2) is 4.79 Å². The van der Waals surface area contributed by atoms with E-state index in [1.807, 2.05) is 58.4 Å². The molecule has 2 aliphatic rings. The maximum atomic E-state index is 13.4. The van der Waals surface area contributed by atoms with Crippen LogP contribution >= 0.6 is 0 Å². The van der Waals surface area contributed by atoms with Gasteiger partial charge in [-0.2, -0.15) is 5.10 Å². The maximum Gasteiger partial charge on any atom is 0.341 e. The maximum absolute atomic E-state index is 13.4. The van der Waals surface area contributed by atoms with Gasteiger partial charge >= 0.3 is 5.97 Å². The second kappa shape index (κ2) is 11.7. The Morgan fingerprint density at radius 1 is 1.05 bits per heavy atom. The molecule has 2 atom stereocenters. The van der Waals surface area contributed by atoms with Crippen molar-refractivity contribution >= 4 is 17.6 Å². The number of amides is 1. The summed E-state index contributed by atoms with van der Waals surface area (Å²) in [5.74, 6) is 1.50. The molecule has 216 valence electrons. The second-order valence-corrected chi connectivity index (χ2v) is 11.3. The zero-order valence-corrected chi connectivity index (χ0v) is 24.0. The number of carboxylic acids is 1. The summed E-state index contributed by atoms with van der Waals surface area (Å²) in [6.45, 7) is 5.57. The van der Waals surface area contributed by atoms with Crippen LogP contribution in [0.3, 0.4) is 0 Å². The van der Waals surface area contributed by atoms with E-state index in [4.69, 9.17) is 14.6 Å². The number of fused-ring (bicyclic) bond motifs is 3. The average molecular weight is 566 g/mol. The molecule has 0 saturated heterocycles. The van der Waals surface area contributed by atoms with Gasteiger partial charge < -0.3 is 19.5 Å². The monoisotopic (exact) mass is 565 g/mol. The van der Waals surface area contributed by atoms with E-state index in [-0.39, 0.29) is 12.5 Å². The summed E-state index contributed by atoms with van der Waals surface area (Å²) in [5, 5.41) is 13.5. The summed E-state index contributed by atoms with van der Waals surface area (Å²) < 4.78 is 13.2. The molecular formula is C34H35N3O5. The molecule has 0 bridgehead atoms. The lowest BCUT2D eigenvalue weighted by Gasteiger charge is -2.30. The topological polar surface area (TPSA) is 93.9 Å². The third-order valence-corrected chi connectivity index (χ3v) is 8.28. The summed E-state index contributed by atoms with van der Waals surface area (Å²) >= 11 is 0.